The van der Waals surface area contributed by atoms with Crippen molar-refractivity contribution in [3.63, 3.8) is 0 Å². The van der Waals surface area contributed by atoms with E-state index in [9.17, 15) is 9.18 Å². The number of nitrogens with one attached hydrogen (secondary N) is 4. The van der Waals surface area contributed by atoms with Gasteiger partial charge in [0.05, 0.1) is 0 Å². The highest BCUT2D eigenvalue weighted by molar-refractivity contribution is 6.00. The van der Waals surface area contributed by atoms with Crippen LogP contribution >= 0.6 is 0 Å². The molecule has 0 radical (unpaired) electrons. The van der Waals surface area contributed by atoms with Crippen molar-refractivity contribution in [2.75, 3.05) is 25.5 Å². The summed E-state index contributed by atoms with van der Waals surface area (Å²) in [5, 5.41) is 16.1. The van der Waals surface area contributed by atoms with Crippen LogP contribution in [0, 0.1) is 11.7 Å². The number of hydrogen-bond donors (Lipinski definition) is 5. The number of hydrazine groups is 1. The van der Waals surface area contributed by atoms with Gasteiger partial charge in [0.25, 0.3) is 0 Å². The minimum absolute atomic E-state index is 0.179. The average molecular weight is 497 g/mol. The number of nitrogens with two attached hydrogens (primary N) is 1. The molecule has 1 aliphatic carbocycles. The predicted octanol–water partition coefficient (Wildman–Crippen LogP) is 2.88. The first-order chi connectivity index (χ1) is 17.5. The predicted molar refractivity (Wildman–Crippen MR) is 141 cm³/mol. The second-order valence-corrected chi connectivity index (χ2v) is 9.71. The van der Waals surface area contributed by atoms with Gasteiger partial charge < -0.3 is 16.0 Å². The first-order valence-electron chi connectivity index (χ1n) is 13.1. The molecule has 2 amide bonds. The molecule has 6 N–H and O–H groups in total. The molecule has 194 valence electrons. The molecule has 1 aliphatic heterocycles. The van der Waals surface area contributed by atoms with Crippen LogP contribution < -0.4 is 27.0 Å². The molecule has 0 saturated heterocycles. The van der Waals surface area contributed by atoms with Crippen LogP contribution in [0.4, 0.5) is 14.9 Å². The number of halogens is 1. The molecule has 1 saturated carbocycles. The molecular formula is C27H39FN7O+. The Kier molecular flexibility index (Phi) is 9.27. The molecule has 2 aliphatic rings. The molecule has 0 bridgehead atoms. The van der Waals surface area contributed by atoms with E-state index in [4.69, 9.17) is 0 Å². The van der Waals surface area contributed by atoms with E-state index in [1.54, 1.807) is 5.53 Å². The molecule has 2 atom stereocenters. The Morgan fingerprint density at radius 1 is 1.17 bits per heavy atom. The van der Waals surface area contributed by atoms with Crippen LogP contribution in [0.2, 0.25) is 0 Å². The van der Waals surface area contributed by atoms with Crippen molar-refractivity contribution in [3.8, 4) is 0 Å². The van der Waals surface area contributed by atoms with Crippen molar-refractivity contribution in [3.05, 3.63) is 65.0 Å². The highest BCUT2D eigenvalue weighted by Crippen LogP contribution is 2.24. The lowest BCUT2D eigenvalue weighted by Crippen LogP contribution is -2.87. The van der Waals surface area contributed by atoms with Gasteiger partial charge in [-0.25, -0.2) is 14.2 Å². The van der Waals surface area contributed by atoms with Crippen molar-refractivity contribution in [2.45, 2.75) is 57.9 Å². The fourth-order valence-electron chi connectivity index (χ4n) is 5.04. The minimum atomic E-state index is -0.191. The Bertz CT molecular complexity index is 1040. The SMILES string of the molecule is CCc1cc(NC(=O)NC[C@@H]2CCCC[C@H]2NCCCc2ccc(F)cc2)cc(C2=N[NH2+]NN2C)c1. The van der Waals surface area contributed by atoms with Crippen LogP contribution in [0.25, 0.3) is 0 Å². The molecule has 1 fully saturated rings. The lowest BCUT2D eigenvalue weighted by molar-refractivity contribution is -0.724. The van der Waals surface area contributed by atoms with Gasteiger partial charge in [0.1, 0.15) is 5.82 Å². The van der Waals surface area contributed by atoms with Crippen molar-refractivity contribution >= 4 is 17.6 Å². The van der Waals surface area contributed by atoms with E-state index in [-0.39, 0.29) is 11.8 Å². The number of hydrogen-bond acceptors (Lipinski definition) is 5. The van der Waals surface area contributed by atoms with Gasteiger partial charge in [-0.2, -0.15) is 0 Å². The molecule has 2 aromatic carbocycles. The maximum absolute atomic E-state index is 13.1. The molecule has 36 heavy (non-hydrogen) atoms. The number of amides is 2. The molecule has 2 aromatic rings. The number of urea groups is 1. The van der Waals surface area contributed by atoms with Gasteiger partial charge in [-0.15, -0.1) is 5.53 Å². The summed E-state index contributed by atoms with van der Waals surface area (Å²) in [7, 11) is 1.91. The summed E-state index contributed by atoms with van der Waals surface area (Å²) in [5.41, 5.74) is 8.73. The van der Waals surface area contributed by atoms with Crippen molar-refractivity contribution in [2.24, 2.45) is 11.0 Å². The van der Waals surface area contributed by atoms with Crippen LogP contribution in [0.1, 0.15) is 55.7 Å². The highest BCUT2D eigenvalue weighted by Gasteiger charge is 2.25. The monoisotopic (exact) mass is 496 g/mol. The largest absolute Gasteiger partial charge is 0.338 e. The highest BCUT2D eigenvalue weighted by atomic mass is 19.1. The standard InChI is InChI=1S/C27H38FN7O/c1-3-19-15-22(26-32-33-34-35(26)2)17-24(16-19)31-27(36)30-18-21-8-4-5-9-25(21)29-14-6-7-20-10-12-23(28)13-11-20/h10-13,15-17,21,25,29,33-34H,3-9,14,18H2,1-2H3,(H2,30,31,36)/p+1/t21-,25+/m0/s1. The number of carbonyl (C=O) groups excluding carboxylic acids is 1. The number of aryl methyl sites for hydroxylation is 2. The average Bonchev–Trinajstić information content (AvgIpc) is 3.32. The number of anilines is 1. The fourth-order valence-corrected chi connectivity index (χ4v) is 5.04. The van der Waals surface area contributed by atoms with Gasteiger partial charge in [-0.05, 0) is 96.7 Å². The van der Waals surface area contributed by atoms with Crippen molar-refractivity contribution < 1.29 is 14.7 Å². The summed E-state index contributed by atoms with van der Waals surface area (Å²) in [4.78, 5) is 12.8. The van der Waals surface area contributed by atoms with Crippen LogP contribution in [-0.2, 0) is 12.8 Å². The zero-order valence-corrected chi connectivity index (χ0v) is 21.3. The third-order valence-electron chi connectivity index (χ3n) is 7.07. The topological polar surface area (TPSA) is 97.4 Å². The zero-order valence-electron chi connectivity index (χ0n) is 21.3. The van der Waals surface area contributed by atoms with Crippen LogP contribution in [0.3, 0.4) is 0 Å². The number of rotatable bonds is 10. The van der Waals surface area contributed by atoms with Gasteiger partial charge in [-0.3, -0.25) is 0 Å². The Morgan fingerprint density at radius 3 is 2.72 bits per heavy atom. The first-order valence-corrected chi connectivity index (χ1v) is 13.1. The summed E-state index contributed by atoms with van der Waals surface area (Å²) in [6.45, 7) is 3.67. The van der Waals surface area contributed by atoms with E-state index in [1.807, 2.05) is 36.3 Å². The normalized spacial score (nSPS) is 19.8. The van der Waals surface area contributed by atoms with Gasteiger partial charge >= 0.3 is 6.03 Å². The lowest BCUT2D eigenvalue weighted by Gasteiger charge is -2.32. The second-order valence-electron chi connectivity index (χ2n) is 9.71. The van der Waals surface area contributed by atoms with E-state index >= 15 is 0 Å². The van der Waals surface area contributed by atoms with Crippen LogP contribution in [-0.4, -0.2) is 43.1 Å². The van der Waals surface area contributed by atoms with Crippen LogP contribution in [0.5, 0.6) is 0 Å². The fraction of sp³-hybridized carbons (Fsp3) is 0.481. The number of carbonyl (C=O) groups is 1. The Hall–Kier alpha value is -3.01. The molecule has 0 aromatic heterocycles. The molecule has 0 spiro atoms. The van der Waals surface area contributed by atoms with Gasteiger partial charge in [-0.1, -0.05) is 31.9 Å². The maximum Gasteiger partial charge on any atom is 0.319 e. The summed E-state index contributed by atoms with van der Waals surface area (Å²) in [6, 6.07) is 13.1. The molecular weight excluding hydrogens is 457 g/mol. The lowest BCUT2D eigenvalue weighted by atomic mass is 9.84. The summed E-state index contributed by atoms with van der Waals surface area (Å²) in [5.74, 6) is 1.05. The molecule has 1 heterocycles. The van der Waals surface area contributed by atoms with Gasteiger partial charge in [0, 0.05) is 30.9 Å². The van der Waals surface area contributed by atoms with Crippen molar-refractivity contribution in [1.29, 1.82) is 0 Å². The smallest absolute Gasteiger partial charge is 0.319 e. The Balaban J connectivity index is 1.26. The number of quaternary nitrogens is 1. The Labute approximate surface area is 213 Å². The van der Waals surface area contributed by atoms with Crippen molar-refractivity contribution in [1.82, 2.24) is 21.2 Å². The summed E-state index contributed by atoms with van der Waals surface area (Å²) >= 11 is 0. The quantitative estimate of drug-likeness (QED) is 0.258. The van der Waals surface area contributed by atoms with Gasteiger partial charge in [0.15, 0.2) is 0 Å². The van der Waals surface area contributed by atoms with E-state index < -0.39 is 0 Å². The Morgan fingerprint density at radius 2 is 1.97 bits per heavy atom. The number of benzene rings is 2. The van der Waals surface area contributed by atoms with E-state index in [2.05, 4.69) is 39.6 Å². The molecule has 9 heteroatoms. The zero-order chi connectivity index (χ0) is 25.3. The molecule has 0 unspecified atom stereocenters. The summed E-state index contributed by atoms with van der Waals surface area (Å²) in [6.07, 6.45) is 7.47. The molecule has 4 rings (SSSR count). The third kappa shape index (κ3) is 7.25. The summed E-state index contributed by atoms with van der Waals surface area (Å²) < 4.78 is 13.1. The second kappa shape index (κ2) is 12.8. The van der Waals surface area contributed by atoms with E-state index in [0.717, 1.165) is 66.9 Å². The maximum atomic E-state index is 13.1. The van der Waals surface area contributed by atoms with Crippen LogP contribution in [0.15, 0.2) is 47.6 Å². The van der Waals surface area contributed by atoms with E-state index in [0.29, 0.717) is 18.5 Å². The molecule has 8 nitrogen and oxygen atoms in total. The first kappa shape index (κ1) is 26.1. The van der Waals surface area contributed by atoms with E-state index in [1.165, 1.54) is 25.0 Å². The minimum Gasteiger partial charge on any atom is -0.338 e. The third-order valence-corrected chi connectivity index (χ3v) is 7.07. The number of amidine groups is 1. The van der Waals surface area contributed by atoms with Gasteiger partial charge in [0.2, 0.25) is 5.84 Å². The number of nitrogens with zero attached hydrogens (tertiary/aromatic N) is 2.